The highest BCUT2D eigenvalue weighted by atomic mass is 32.2. The van der Waals surface area contributed by atoms with Gasteiger partial charge in [-0.15, -0.1) is 0 Å². The van der Waals surface area contributed by atoms with E-state index in [4.69, 9.17) is 4.74 Å². The average Bonchev–Trinajstić information content (AvgIpc) is 3.33. The number of fused-ring (bicyclic) bond motifs is 2. The molecule has 164 valence electrons. The van der Waals surface area contributed by atoms with E-state index in [2.05, 4.69) is 15.4 Å². The Morgan fingerprint density at radius 2 is 2.13 bits per heavy atom. The van der Waals surface area contributed by atoms with Crippen LogP contribution in [0.3, 0.4) is 0 Å². The number of halogens is 1. The number of nitrogens with zero attached hydrogens (tertiary/aromatic N) is 4. The fourth-order valence-electron chi connectivity index (χ4n) is 3.46. The Kier molecular flexibility index (Phi) is 6.38. The molecular weight excluding hydrogens is 421 g/mol. The molecule has 1 amide bonds. The number of nitrogens with one attached hydrogen (secondary N) is 1. The highest BCUT2D eigenvalue weighted by molar-refractivity contribution is 7.99. The molecule has 0 fully saturated rings. The summed E-state index contributed by atoms with van der Waals surface area (Å²) in [7, 11) is 0. The van der Waals surface area contributed by atoms with Crippen molar-refractivity contribution >= 4 is 28.7 Å². The number of benzene rings is 1. The summed E-state index contributed by atoms with van der Waals surface area (Å²) in [5, 5.41) is 8.09. The third-order valence-corrected chi connectivity index (χ3v) is 6.05. The summed E-state index contributed by atoms with van der Waals surface area (Å²) >= 11 is 1.44. The zero-order valence-electron chi connectivity index (χ0n) is 17.4. The lowest BCUT2D eigenvalue weighted by Gasteiger charge is -2.14. The Bertz CT molecular complexity index is 1140. The lowest BCUT2D eigenvalue weighted by atomic mass is 10.2. The van der Waals surface area contributed by atoms with Crippen LogP contribution in [0.1, 0.15) is 32.7 Å². The van der Waals surface area contributed by atoms with Crippen LogP contribution in [-0.2, 0) is 9.53 Å². The summed E-state index contributed by atoms with van der Waals surface area (Å²) in [6, 6.07) is 5.58. The van der Waals surface area contributed by atoms with Crippen molar-refractivity contribution in [2.45, 2.75) is 44.0 Å². The summed E-state index contributed by atoms with van der Waals surface area (Å²) in [5.74, 6) is 0.151. The van der Waals surface area contributed by atoms with Gasteiger partial charge in [0.1, 0.15) is 11.2 Å². The van der Waals surface area contributed by atoms with E-state index in [9.17, 15) is 14.0 Å². The number of thioether (sulfide) groups is 1. The first kappa shape index (κ1) is 21.5. The molecule has 4 rings (SSSR count). The summed E-state index contributed by atoms with van der Waals surface area (Å²) in [6.07, 6.45) is 2.59. The van der Waals surface area contributed by atoms with Crippen LogP contribution < -0.4 is 10.9 Å². The molecule has 2 aromatic heterocycles. The van der Waals surface area contributed by atoms with Gasteiger partial charge in [0.15, 0.2) is 10.8 Å². The van der Waals surface area contributed by atoms with Gasteiger partial charge in [0.2, 0.25) is 5.91 Å². The van der Waals surface area contributed by atoms with Crippen molar-refractivity contribution in [3.63, 3.8) is 0 Å². The van der Waals surface area contributed by atoms with E-state index < -0.39 is 0 Å². The quantitative estimate of drug-likeness (QED) is 0.424. The SMILES string of the molecule is CC(C)OCCCNC(=O)CC1CSc2nc3c(cnn3-c3ccc(F)cc3)c(=O)n21. The number of amides is 1. The van der Waals surface area contributed by atoms with E-state index in [-0.39, 0.29) is 35.9 Å². The van der Waals surface area contributed by atoms with Crippen molar-refractivity contribution in [3.05, 3.63) is 46.6 Å². The zero-order valence-corrected chi connectivity index (χ0v) is 18.2. The molecule has 0 aliphatic carbocycles. The molecule has 3 heterocycles. The zero-order chi connectivity index (χ0) is 22.0. The van der Waals surface area contributed by atoms with E-state index >= 15 is 0 Å². The predicted molar refractivity (Wildman–Crippen MR) is 116 cm³/mol. The molecule has 0 saturated carbocycles. The minimum atomic E-state index is -0.349. The van der Waals surface area contributed by atoms with Crippen molar-refractivity contribution < 1.29 is 13.9 Å². The topological polar surface area (TPSA) is 91.0 Å². The van der Waals surface area contributed by atoms with Crippen molar-refractivity contribution in [3.8, 4) is 5.69 Å². The van der Waals surface area contributed by atoms with Gasteiger partial charge in [0.25, 0.3) is 5.56 Å². The van der Waals surface area contributed by atoms with Crippen LogP contribution in [-0.4, -0.2) is 50.2 Å². The first-order valence-electron chi connectivity index (χ1n) is 10.2. The Hall–Kier alpha value is -2.72. The molecule has 31 heavy (non-hydrogen) atoms. The second-order valence-electron chi connectivity index (χ2n) is 7.63. The number of ether oxygens (including phenoxy) is 1. The maximum Gasteiger partial charge on any atom is 0.265 e. The van der Waals surface area contributed by atoms with Gasteiger partial charge < -0.3 is 10.1 Å². The number of hydrogen-bond donors (Lipinski definition) is 1. The molecule has 1 N–H and O–H groups in total. The minimum Gasteiger partial charge on any atom is -0.379 e. The van der Waals surface area contributed by atoms with E-state index in [0.717, 1.165) is 6.42 Å². The molecule has 1 aromatic carbocycles. The number of carbonyl (C=O) groups is 1. The Morgan fingerprint density at radius 1 is 1.35 bits per heavy atom. The largest absolute Gasteiger partial charge is 0.379 e. The normalized spacial score (nSPS) is 15.5. The summed E-state index contributed by atoms with van der Waals surface area (Å²) < 4.78 is 21.8. The number of aromatic nitrogens is 4. The number of hydrogen-bond acceptors (Lipinski definition) is 6. The molecule has 0 saturated heterocycles. The van der Waals surface area contributed by atoms with Gasteiger partial charge in [-0.2, -0.15) is 5.10 Å². The van der Waals surface area contributed by atoms with E-state index in [1.165, 1.54) is 34.8 Å². The molecule has 1 aliphatic heterocycles. The van der Waals surface area contributed by atoms with Gasteiger partial charge in [0, 0.05) is 25.3 Å². The van der Waals surface area contributed by atoms with Gasteiger partial charge >= 0.3 is 0 Å². The smallest absolute Gasteiger partial charge is 0.265 e. The minimum absolute atomic E-state index is 0.1000. The Balaban J connectivity index is 1.49. The van der Waals surface area contributed by atoms with Crippen LogP contribution in [0.2, 0.25) is 0 Å². The Labute approximate surface area is 182 Å². The highest BCUT2D eigenvalue weighted by Crippen LogP contribution is 2.33. The average molecular weight is 446 g/mol. The molecule has 0 bridgehead atoms. The molecule has 1 aliphatic rings. The van der Waals surface area contributed by atoms with Crippen LogP contribution in [0.15, 0.2) is 40.4 Å². The predicted octanol–water partition coefficient (Wildman–Crippen LogP) is 2.69. The number of carbonyl (C=O) groups excluding carboxylic acids is 1. The van der Waals surface area contributed by atoms with Crippen LogP contribution in [0.25, 0.3) is 16.7 Å². The highest BCUT2D eigenvalue weighted by Gasteiger charge is 2.29. The molecule has 0 radical (unpaired) electrons. The van der Waals surface area contributed by atoms with Crippen molar-refractivity contribution in [1.29, 1.82) is 0 Å². The molecule has 1 unspecified atom stereocenters. The monoisotopic (exact) mass is 445 g/mol. The third-order valence-electron chi connectivity index (χ3n) is 4.96. The van der Waals surface area contributed by atoms with Gasteiger partial charge in [-0.1, -0.05) is 11.8 Å². The lowest BCUT2D eigenvalue weighted by molar-refractivity contribution is -0.121. The number of rotatable bonds is 8. The van der Waals surface area contributed by atoms with Gasteiger partial charge in [0.05, 0.1) is 24.0 Å². The van der Waals surface area contributed by atoms with Gasteiger partial charge in [-0.3, -0.25) is 14.2 Å². The van der Waals surface area contributed by atoms with Crippen molar-refractivity contribution in [1.82, 2.24) is 24.6 Å². The van der Waals surface area contributed by atoms with Crippen LogP contribution in [0, 0.1) is 5.82 Å². The fraction of sp³-hybridized carbons (Fsp3) is 0.429. The van der Waals surface area contributed by atoms with Crippen LogP contribution in [0.5, 0.6) is 0 Å². The maximum absolute atomic E-state index is 13.2. The van der Waals surface area contributed by atoms with Crippen LogP contribution in [0.4, 0.5) is 4.39 Å². The molecule has 1 atom stereocenters. The second kappa shape index (κ2) is 9.19. The molecule has 8 nitrogen and oxygen atoms in total. The summed E-state index contributed by atoms with van der Waals surface area (Å²) in [5.41, 5.74) is 0.820. The summed E-state index contributed by atoms with van der Waals surface area (Å²) in [4.78, 5) is 30.1. The van der Waals surface area contributed by atoms with Crippen molar-refractivity contribution in [2.75, 3.05) is 18.9 Å². The van der Waals surface area contributed by atoms with Gasteiger partial charge in [-0.05, 0) is 44.5 Å². The molecular formula is C21H24FN5O3S. The Morgan fingerprint density at radius 3 is 2.87 bits per heavy atom. The first-order valence-corrected chi connectivity index (χ1v) is 11.2. The maximum atomic E-state index is 13.2. The fourth-order valence-corrected chi connectivity index (χ4v) is 4.59. The van der Waals surface area contributed by atoms with Crippen molar-refractivity contribution in [2.24, 2.45) is 0 Å². The molecule has 0 spiro atoms. The standard InChI is InChI=1S/C21H24FN5O3S/c1-13(2)30-9-3-8-23-18(28)10-16-12-31-21-25-19-17(20(29)26(16)21)11-24-27(19)15-6-4-14(22)5-7-15/h4-7,11,13,16H,3,8-10,12H2,1-2H3,(H,23,28). The van der Waals surface area contributed by atoms with E-state index in [0.29, 0.717) is 40.8 Å². The van der Waals surface area contributed by atoms with E-state index in [1.807, 2.05) is 13.8 Å². The van der Waals surface area contributed by atoms with Crippen LogP contribution >= 0.6 is 11.8 Å². The lowest BCUT2D eigenvalue weighted by Crippen LogP contribution is -2.31. The molecule has 3 aromatic rings. The van der Waals surface area contributed by atoms with E-state index in [1.54, 1.807) is 16.7 Å². The van der Waals surface area contributed by atoms with Gasteiger partial charge in [-0.25, -0.2) is 14.1 Å². The first-order chi connectivity index (χ1) is 14.9. The third kappa shape index (κ3) is 4.64. The second-order valence-corrected chi connectivity index (χ2v) is 8.62. The molecule has 10 heteroatoms. The summed E-state index contributed by atoms with van der Waals surface area (Å²) in [6.45, 7) is 5.08.